The standard InChI is InChI=1S/C15H21N3O3/c1-20-13-4-2-12(3-5-13)17-14(19)18-9-6-15(7-10-18)16-8-11-21-15/h2-5,16H,6-11H2,1H3,(H,17,19). The third kappa shape index (κ3) is 3.11. The number of carbonyl (C=O) groups is 1. The van der Waals surface area contributed by atoms with Crippen molar-refractivity contribution in [3.8, 4) is 5.75 Å². The number of nitrogens with zero attached hydrogens (tertiary/aromatic N) is 1. The topological polar surface area (TPSA) is 62.8 Å². The lowest BCUT2D eigenvalue weighted by atomic mass is 10.0. The molecule has 2 fully saturated rings. The lowest BCUT2D eigenvalue weighted by Crippen LogP contribution is -2.53. The van der Waals surface area contributed by atoms with Gasteiger partial charge in [0.25, 0.3) is 0 Å². The van der Waals surface area contributed by atoms with Crippen LogP contribution in [-0.2, 0) is 4.74 Å². The molecule has 114 valence electrons. The van der Waals surface area contributed by atoms with Gasteiger partial charge in [-0.05, 0) is 24.3 Å². The molecule has 6 heteroatoms. The summed E-state index contributed by atoms with van der Waals surface area (Å²) < 4.78 is 10.9. The van der Waals surface area contributed by atoms with Crippen molar-refractivity contribution in [1.29, 1.82) is 0 Å². The van der Waals surface area contributed by atoms with Gasteiger partial charge in [-0.15, -0.1) is 0 Å². The van der Waals surface area contributed by atoms with E-state index in [0.29, 0.717) is 13.1 Å². The SMILES string of the molecule is COc1ccc(NC(=O)N2CCC3(CC2)NCCO3)cc1. The minimum absolute atomic E-state index is 0.0620. The van der Waals surface area contributed by atoms with Crippen LogP contribution in [0.25, 0.3) is 0 Å². The summed E-state index contributed by atoms with van der Waals surface area (Å²) in [5.74, 6) is 0.775. The maximum absolute atomic E-state index is 12.2. The number of hydrogen-bond acceptors (Lipinski definition) is 4. The molecule has 0 radical (unpaired) electrons. The number of methoxy groups -OCH3 is 1. The molecular formula is C15H21N3O3. The molecule has 2 N–H and O–H groups in total. The highest BCUT2D eigenvalue weighted by atomic mass is 16.5. The lowest BCUT2D eigenvalue weighted by molar-refractivity contribution is -0.0487. The number of likely N-dealkylation sites (tertiary alicyclic amines) is 1. The summed E-state index contributed by atoms with van der Waals surface area (Å²) in [5.41, 5.74) is 0.577. The van der Waals surface area contributed by atoms with Gasteiger partial charge < -0.3 is 19.7 Å². The van der Waals surface area contributed by atoms with Crippen molar-refractivity contribution in [2.24, 2.45) is 0 Å². The van der Waals surface area contributed by atoms with Crippen LogP contribution < -0.4 is 15.4 Å². The molecule has 21 heavy (non-hydrogen) atoms. The van der Waals surface area contributed by atoms with Crippen molar-refractivity contribution in [2.75, 3.05) is 38.7 Å². The van der Waals surface area contributed by atoms with Gasteiger partial charge in [0.15, 0.2) is 0 Å². The summed E-state index contributed by atoms with van der Waals surface area (Å²) in [5, 5.41) is 6.31. The van der Waals surface area contributed by atoms with E-state index < -0.39 is 0 Å². The summed E-state index contributed by atoms with van der Waals surface area (Å²) in [7, 11) is 1.62. The first-order valence-electron chi connectivity index (χ1n) is 7.30. The van der Waals surface area contributed by atoms with E-state index >= 15 is 0 Å². The minimum Gasteiger partial charge on any atom is -0.497 e. The predicted octanol–water partition coefficient (Wildman–Crippen LogP) is 1.64. The molecule has 0 aromatic heterocycles. The molecule has 2 amide bonds. The fraction of sp³-hybridized carbons (Fsp3) is 0.533. The molecule has 0 saturated carbocycles. The molecule has 0 aliphatic carbocycles. The Morgan fingerprint density at radius 2 is 2.05 bits per heavy atom. The quantitative estimate of drug-likeness (QED) is 0.869. The van der Waals surface area contributed by atoms with Crippen LogP contribution in [0.5, 0.6) is 5.75 Å². The van der Waals surface area contributed by atoms with Gasteiger partial charge in [-0.1, -0.05) is 0 Å². The van der Waals surface area contributed by atoms with Gasteiger partial charge in [0.05, 0.1) is 13.7 Å². The Morgan fingerprint density at radius 1 is 1.33 bits per heavy atom. The third-order valence-electron chi connectivity index (χ3n) is 4.13. The van der Waals surface area contributed by atoms with E-state index in [1.807, 2.05) is 29.2 Å². The number of amides is 2. The average Bonchev–Trinajstić information content (AvgIpc) is 2.97. The highest BCUT2D eigenvalue weighted by Crippen LogP contribution is 2.26. The lowest BCUT2D eigenvalue weighted by Gasteiger charge is -2.38. The van der Waals surface area contributed by atoms with Crippen LogP contribution in [0.15, 0.2) is 24.3 Å². The zero-order valence-electron chi connectivity index (χ0n) is 12.2. The average molecular weight is 291 g/mol. The van der Waals surface area contributed by atoms with E-state index in [2.05, 4.69) is 10.6 Å². The molecule has 3 rings (SSSR count). The fourth-order valence-electron chi connectivity index (χ4n) is 2.85. The van der Waals surface area contributed by atoms with E-state index in [1.54, 1.807) is 7.11 Å². The van der Waals surface area contributed by atoms with Gasteiger partial charge in [0.2, 0.25) is 0 Å². The largest absolute Gasteiger partial charge is 0.497 e. The first-order valence-corrected chi connectivity index (χ1v) is 7.30. The minimum atomic E-state index is -0.198. The zero-order valence-corrected chi connectivity index (χ0v) is 12.2. The van der Waals surface area contributed by atoms with Crippen LogP contribution in [-0.4, -0.2) is 50.0 Å². The van der Waals surface area contributed by atoms with Gasteiger partial charge in [-0.3, -0.25) is 5.32 Å². The number of hydrogen-bond donors (Lipinski definition) is 2. The molecule has 0 atom stereocenters. The Labute approximate surface area is 124 Å². The van der Waals surface area contributed by atoms with Crippen LogP contribution in [0.1, 0.15) is 12.8 Å². The molecule has 1 spiro atoms. The predicted molar refractivity (Wildman–Crippen MR) is 79.5 cm³/mol. The zero-order chi connectivity index (χ0) is 14.7. The second-order valence-electron chi connectivity index (χ2n) is 5.42. The van der Waals surface area contributed by atoms with E-state index in [-0.39, 0.29) is 11.8 Å². The van der Waals surface area contributed by atoms with Gasteiger partial charge in [-0.2, -0.15) is 0 Å². The molecule has 1 aromatic carbocycles. The summed E-state index contributed by atoms with van der Waals surface area (Å²) in [6.45, 7) is 3.07. The van der Waals surface area contributed by atoms with Gasteiger partial charge in [-0.25, -0.2) is 4.79 Å². The molecule has 0 bridgehead atoms. The summed E-state index contributed by atoms with van der Waals surface area (Å²) in [6, 6.07) is 7.27. The molecule has 2 aliphatic heterocycles. The van der Waals surface area contributed by atoms with Gasteiger partial charge in [0, 0.05) is 38.2 Å². The molecule has 2 heterocycles. The van der Waals surface area contributed by atoms with Crippen molar-refractivity contribution >= 4 is 11.7 Å². The molecular weight excluding hydrogens is 270 g/mol. The maximum Gasteiger partial charge on any atom is 0.321 e. The van der Waals surface area contributed by atoms with E-state index in [1.165, 1.54) is 0 Å². The van der Waals surface area contributed by atoms with Crippen LogP contribution in [0.2, 0.25) is 0 Å². The molecule has 1 aromatic rings. The molecule has 6 nitrogen and oxygen atoms in total. The molecule has 0 unspecified atom stereocenters. The number of benzene rings is 1. The van der Waals surface area contributed by atoms with Crippen LogP contribution in [0.4, 0.5) is 10.5 Å². The molecule has 2 saturated heterocycles. The maximum atomic E-state index is 12.2. The van der Waals surface area contributed by atoms with Crippen LogP contribution >= 0.6 is 0 Å². The number of nitrogens with one attached hydrogen (secondary N) is 2. The Morgan fingerprint density at radius 3 is 2.62 bits per heavy atom. The first kappa shape index (κ1) is 14.2. The van der Waals surface area contributed by atoms with Crippen molar-refractivity contribution < 1.29 is 14.3 Å². The summed E-state index contributed by atoms with van der Waals surface area (Å²) >= 11 is 0. The first-order chi connectivity index (χ1) is 10.2. The van der Waals surface area contributed by atoms with Gasteiger partial charge in [0.1, 0.15) is 11.5 Å². The Hall–Kier alpha value is -1.79. The molecule has 2 aliphatic rings. The Bertz CT molecular complexity index is 487. The number of urea groups is 1. The fourth-order valence-corrected chi connectivity index (χ4v) is 2.85. The van der Waals surface area contributed by atoms with E-state index in [4.69, 9.17) is 9.47 Å². The smallest absolute Gasteiger partial charge is 0.321 e. The van der Waals surface area contributed by atoms with E-state index in [0.717, 1.165) is 37.4 Å². The Kier molecular flexibility index (Phi) is 3.98. The summed E-state index contributed by atoms with van der Waals surface area (Å²) in [4.78, 5) is 14.1. The van der Waals surface area contributed by atoms with E-state index in [9.17, 15) is 4.79 Å². The number of anilines is 1. The van der Waals surface area contributed by atoms with Crippen LogP contribution in [0, 0.1) is 0 Å². The highest BCUT2D eigenvalue weighted by molar-refractivity contribution is 5.89. The van der Waals surface area contributed by atoms with Crippen molar-refractivity contribution in [3.63, 3.8) is 0 Å². The van der Waals surface area contributed by atoms with Crippen molar-refractivity contribution in [1.82, 2.24) is 10.2 Å². The normalized spacial score (nSPS) is 20.5. The van der Waals surface area contributed by atoms with Crippen molar-refractivity contribution in [3.05, 3.63) is 24.3 Å². The third-order valence-corrected chi connectivity index (χ3v) is 4.13. The second kappa shape index (κ2) is 5.91. The number of ether oxygens (including phenoxy) is 2. The number of rotatable bonds is 2. The number of piperidine rings is 1. The summed E-state index contributed by atoms with van der Waals surface area (Å²) in [6.07, 6.45) is 1.67. The second-order valence-corrected chi connectivity index (χ2v) is 5.42. The van der Waals surface area contributed by atoms with Crippen LogP contribution in [0.3, 0.4) is 0 Å². The highest BCUT2D eigenvalue weighted by Gasteiger charge is 2.39. The Balaban J connectivity index is 1.54. The number of carbonyl (C=O) groups excluding carboxylic acids is 1. The monoisotopic (exact) mass is 291 g/mol. The van der Waals surface area contributed by atoms with Crippen molar-refractivity contribution in [2.45, 2.75) is 18.6 Å². The van der Waals surface area contributed by atoms with Gasteiger partial charge >= 0.3 is 6.03 Å².